The van der Waals surface area contributed by atoms with Crippen molar-refractivity contribution in [1.29, 1.82) is 0 Å². The van der Waals surface area contributed by atoms with Gasteiger partial charge >= 0.3 is 6.09 Å². The van der Waals surface area contributed by atoms with Crippen molar-refractivity contribution in [3.63, 3.8) is 0 Å². The second-order valence-electron chi connectivity index (χ2n) is 15.3. The lowest BCUT2D eigenvalue weighted by Gasteiger charge is -2.29. The van der Waals surface area contributed by atoms with Crippen molar-refractivity contribution in [3.05, 3.63) is 54.1 Å². The van der Waals surface area contributed by atoms with E-state index in [0.29, 0.717) is 49.7 Å². The number of aliphatic hydroxyl groups is 1. The van der Waals surface area contributed by atoms with Gasteiger partial charge in [0.2, 0.25) is 11.8 Å². The molecule has 2 aromatic carbocycles. The van der Waals surface area contributed by atoms with Gasteiger partial charge in [0, 0.05) is 50.2 Å². The lowest BCUT2D eigenvalue weighted by Crippen LogP contribution is -2.36. The fourth-order valence-corrected chi connectivity index (χ4v) is 6.47. The molecule has 1 aliphatic heterocycles. The van der Waals surface area contributed by atoms with Gasteiger partial charge in [-0.1, -0.05) is 54.1 Å². The van der Waals surface area contributed by atoms with E-state index in [0.717, 1.165) is 42.4 Å². The molecule has 0 radical (unpaired) electrons. The van der Waals surface area contributed by atoms with Crippen LogP contribution in [0.2, 0.25) is 0 Å². The van der Waals surface area contributed by atoms with Gasteiger partial charge in [-0.3, -0.25) is 9.59 Å². The molecule has 1 aliphatic rings. The van der Waals surface area contributed by atoms with E-state index in [4.69, 9.17) is 14.2 Å². The number of carbonyl (C=O) groups excluding carboxylic acids is 3. The Balaban J connectivity index is 1.38. The fraction of sp³-hybridized carbons (Fsp3) is 0.585. The third kappa shape index (κ3) is 12.8. The molecule has 0 bridgehead atoms. The Labute approximate surface area is 325 Å². The van der Waals surface area contributed by atoms with Gasteiger partial charge in [0.15, 0.2) is 0 Å². The summed E-state index contributed by atoms with van der Waals surface area (Å²) in [5, 5.41) is 27.7. The van der Waals surface area contributed by atoms with Crippen LogP contribution in [0.1, 0.15) is 85.1 Å². The maximum Gasteiger partial charge on any atom is 0.407 e. The smallest absolute Gasteiger partial charge is 0.407 e. The Morgan fingerprint density at radius 2 is 1.64 bits per heavy atom. The molecule has 4 rings (SSSR count). The summed E-state index contributed by atoms with van der Waals surface area (Å²) >= 11 is 0. The summed E-state index contributed by atoms with van der Waals surface area (Å²) in [4.78, 5) is 41.1. The number of unbranched alkanes of at least 4 members (excludes halogenated alkanes) is 1. The number of nitrogens with zero attached hydrogens (tertiary/aromatic N) is 4. The Morgan fingerprint density at radius 3 is 2.36 bits per heavy atom. The number of benzene rings is 2. The molecule has 3 amide bonds. The fourth-order valence-electron chi connectivity index (χ4n) is 6.47. The molecule has 302 valence electrons. The zero-order valence-corrected chi connectivity index (χ0v) is 33.7. The summed E-state index contributed by atoms with van der Waals surface area (Å²) in [6, 6.07) is 15.4. The monoisotopic (exact) mass is 763 g/mol. The van der Waals surface area contributed by atoms with E-state index < -0.39 is 17.8 Å². The lowest BCUT2D eigenvalue weighted by molar-refractivity contribution is -0.125. The minimum absolute atomic E-state index is 0.0160. The van der Waals surface area contributed by atoms with Gasteiger partial charge in [0.1, 0.15) is 12.3 Å². The Bertz CT molecular complexity index is 1710. The van der Waals surface area contributed by atoms with Gasteiger partial charge < -0.3 is 40.2 Å². The number of carbonyl (C=O) groups is 3. The first-order valence-electron chi connectivity index (χ1n) is 19.4. The first kappa shape index (κ1) is 43.4. The summed E-state index contributed by atoms with van der Waals surface area (Å²) in [6.07, 6.45) is 2.90. The Hall–Kier alpha value is -4.37. The van der Waals surface area contributed by atoms with Crippen LogP contribution in [0.5, 0.6) is 0 Å². The third-order valence-corrected chi connectivity index (χ3v) is 10.2. The minimum atomic E-state index is -0.519. The van der Waals surface area contributed by atoms with Crippen LogP contribution in [-0.2, 0) is 36.9 Å². The molecule has 0 spiro atoms. The topological polar surface area (TPSA) is 169 Å². The largest absolute Gasteiger partial charge is 0.448 e. The van der Waals surface area contributed by atoms with Crippen molar-refractivity contribution < 1.29 is 33.7 Å². The molecule has 0 aliphatic carbocycles. The predicted octanol–water partition coefficient (Wildman–Crippen LogP) is 5.22. The molecule has 0 saturated carbocycles. The van der Waals surface area contributed by atoms with E-state index in [2.05, 4.69) is 26.3 Å². The zero-order valence-electron chi connectivity index (χ0n) is 33.7. The molecule has 14 nitrogen and oxygen atoms in total. The molecular weight excluding hydrogens is 702 g/mol. The summed E-state index contributed by atoms with van der Waals surface area (Å²) in [6.45, 7) is 11.8. The summed E-state index contributed by atoms with van der Waals surface area (Å²) in [5.41, 5.74) is 3.86. The highest BCUT2D eigenvalue weighted by Crippen LogP contribution is 2.41. The number of hydrogen-bond acceptors (Lipinski definition) is 10. The van der Waals surface area contributed by atoms with E-state index in [9.17, 15) is 19.5 Å². The number of rotatable bonds is 21. The lowest BCUT2D eigenvalue weighted by atomic mass is 9.95. The van der Waals surface area contributed by atoms with Gasteiger partial charge in [-0.15, -0.1) is 5.10 Å². The molecule has 14 heteroatoms. The number of amides is 3. The number of methoxy groups -OCH3 is 1. The van der Waals surface area contributed by atoms with Crippen molar-refractivity contribution in [2.75, 3.05) is 45.4 Å². The number of aliphatic hydroxyl groups excluding tert-OH is 1. The van der Waals surface area contributed by atoms with Crippen LogP contribution in [0.15, 0.2) is 48.5 Å². The van der Waals surface area contributed by atoms with E-state index in [1.165, 1.54) is 0 Å². The molecule has 1 aromatic heterocycles. The molecule has 2 unspecified atom stereocenters. The van der Waals surface area contributed by atoms with E-state index in [-0.39, 0.29) is 49.5 Å². The number of likely N-dealkylation sites (N-methyl/N-ethyl adjacent to an activating group) is 1. The van der Waals surface area contributed by atoms with E-state index in [1.807, 2.05) is 83.3 Å². The number of aromatic nitrogens is 3. The average Bonchev–Trinajstić information content (AvgIpc) is 3.56. The van der Waals surface area contributed by atoms with Crippen LogP contribution in [0, 0.1) is 0 Å². The van der Waals surface area contributed by atoms with Crippen molar-refractivity contribution in [2.45, 2.75) is 116 Å². The summed E-state index contributed by atoms with van der Waals surface area (Å²) in [5.74, 6) is -0.380. The number of hydrogen-bond donors (Lipinski definition) is 4. The number of fused-ring (bicyclic) bond motifs is 5. The molecule has 55 heavy (non-hydrogen) atoms. The van der Waals surface area contributed by atoms with Crippen molar-refractivity contribution >= 4 is 23.6 Å². The maximum absolute atomic E-state index is 14.0. The maximum atomic E-state index is 14.0. The van der Waals surface area contributed by atoms with Crippen LogP contribution >= 0.6 is 0 Å². The number of para-hydroxylation sites is 1. The zero-order chi connectivity index (χ0) is 40.0. The quantitative estimate of drug-likeness (QED) is 0.106. The van der Waals surface area contributed by atoms with Crippen LogP contribution < -0.4 is 20.9 Å². The Kier molecular flexibility index (Phi) is 16.2. The van der Waals surface area contributed by atoms with Crippen LogP contribution in [-0.4, -0.2) is 102 Å². The third-order valence-electron chi connectivity index (χ3n) is 10.2. The van der Waals surface area contributed by atoms with Gasteiger partial charge in [-0.05, 0) is 79.0 Å². The number of alkyl carbamates (subject to hydrolysis) is 1. The highest BCUT2D eigenvalue weighted by atomic mass is 16.5. The average molecular weight is 764 g/mol. The first-order valence-corrected chi connectivity index (χ1v) is 19.4. The number of ether oxygens (including phenoxy) is 3. The molecule has 2 atom stereocenters. The van der Waals surface area contributed by atoms with Crippen molar-refractivity contribution in [1.82, 2.24) is 30.9 Å². The highest BCUT2D eigenvalue weighted by molar-refractivity contribution is 6.01. The first-order chi connectivity index (χ1) is 26.2. The minimum Gasteiger partial charge on any atom is -0.448 e. The standard InChI is InChI=1S/C41H61N7O7/c1-29(49)33(42-6)17-12-13-23-44-39(52)54-27-25-48-38-32-16-10-11-18-34(32)47(28-30-14-8-9-15-31(30)37(38)45-46-48)36(51)20-19-35(50)43-24-21-41(4,5)55-26-22-40(2,3)53-7/h8-11,14-16,18,29,33,42,49H,12-13,17,19-28H2,1-7H3,(H,43,50)(H,44,52). The molecule has 3 aromatic rings. The Morgan fingerprint density at radius 1 is 0.909 bits per heavy atom. The van der Waals surface area contributed by atoms with Crippen LogP contribution in [0.25, 0.3) is 22.5 Å². The molecule has 0 saturated heterocycles. The molecule has 4 N–H and O–H groups in total. The molecule has 0 fully saturated rings. The van der Waals surface area contributed by atoms with Gasteiger partial charge in [0.05, 0.1) is 48.4 Å². The van der Waals surface area contributed by atoms with Gasteiger partial charge in [0.25, 0.3) is 0 Å². The second-order valence-corrected chi connectivity index (χ2v) is 15.3. The highest BCUT2D eigenvalue weighted by Gasteiger charge is 2.29. The van der Waals surface area contributed by atoms with Gasteiger partial charge in [-0.2, -0.15) is 0 Å². The molecular formula is C41H61N7O7. The van der Waals surface area contributed by atoms with Crippen molar-refractivity contribution in [3.8, 4) is 22.5 Å². The van der Waals surface area contributed by atoms with Crippen molar-refractivity contribution in [2.24, 2.45) is 0 Å². The van der Waals surface area contributed by atoms with Gasteiger partial charge in [-0.25, -0.2) is 9.48 Å². The van der Waals surface area contributed by atoms with Crippen LogP contribution in [0.3, 0.4) is 0 Å². The number of nitrogens with one attached hydrogen (secondary N) is 3. The summed E-state index contributed by atoms with van der Waals surface area (Å²) in [7, 11) is 3.52. The predicted molar refractivity (Wildman–Crippen MR) is 212 cm³/mol. The summed E-state index contributed by atoms with van der Waals surface area (Å²) < 4.78 is 18.7. The van der Waals surface area contributed by atoms with Crippen LogP contribution in [0.4, 0.5) is 10.5 Å². The number of anilines is 1. The molecule has 2 heterocycles. The van der Waals surface area contributed by atoms with E-state index in [1.54, 1.807) is 23.6 Å². The second kappa shape index (κ2) is 20.5. The SMILES string of the molecule is CNC(CCCCNC(=O)OCCn1nnc2c1-c1ccccc1N(C(=O)CCC(=O)NCCC(C)(C)OCCC(C)(C)OC)Cc1ccccc1-2)C(C)O. The van der Waals surface area contributed by atoms with E-state index >= 15 is 0 Å². The normalized spacial score (nSPS) is 13.8.